The Hall–Kier alpha value is -0.0213. The molecule has 3 rings (SSSR count). The van der Waals surface area contributed by atoms with Crippen LogP contribution in [0.25, 0.3) is 0 Å². The van der Waals surface area contributed by atoms with Crippen LogP contribution in [0.3, 0.4) is 0 Å². The van der Waals surface area contributed by atoms with Gasteiger partial charge in [-0.05, 0) is 0 Å². The first-order chi connectivity index (χ1) is 15.1. The van der Waals surface area contributed by atoms with Crippen molar-refractivity contribution in [1.29, 1.82) is 0 Å². The molecule has 1 nitrogen and oxygen atoms in total. The molecular formula is C30H52NSn. The standard InChI is InChI=1S/C10H14N.2C10H19.Sn/c1-9(11(2)3)10-7-5-4-6-8-10;2*1-8(2)10-6-4-9(3)5-7-10;/h4-7,9H,1-3H3;2*6,8-10H,4-5,7H2,1-3H3;/t9-;2*9-,10-;/m011./s1. The van der Waals surface area contributed by atoms with Gasteiger partial charge in [0.1, 0.15) is 0 Å². The van der Waals surface area contributed by atoms with Crippen LogP contribution in [-0.2, 0) is 0 Å². The Bertz CT molecular complexity index is 679. The Kier molecular flexibility index (Phi) is 9.64. The van der Waals surface area contributed by atoms with Gasteiger partial charge in [0.25, 0.3) is 0 Å². The van der Waals surface area contributed by atoms with Crippen molar-refractivity contribution < 1.29 is 0 Å². The predicted octanol–water partition coefficient (Wildman–Crippen LogP) is 7.94. The van der Waals surface area contributed by atoms with Crippen LogP contribution in [0.15, 0.2) is 24.3 Å². The number of benzene rings is 1. The fraction of sp³-hybridized carbons (Fsp3) is 0.800. The van der Waals surface area contributed by atoms with Crippen LogP contribution in [-0.4, -0.2) is 38.8 Å². The molecule has 1 aromatic carbocycles. The van der Waals surface area contributed by atoms with E-state index in [2.05, 4.69) is 91.7 Å². The Morgan fingerprint density at radius 1 is 0.750 bits per heavy atom. The summed E-state index contributed by atoms with van der Waals surface area (Å²) in [7, 11) is 4.54. The first-order valence-electron chi connectivity index (χ1n) is 13.7. The van der Waals surface area contributed by atoms with Gasteiger partial charge in [-0.2, -0.15) is 0 Å². The average molecular weight is 545 g/mol. The van der Waals surface area contributed by atoms with Crippen molar-refractivity contribution in [3.8, 4) is 0 Å². The first-order valence-corrected chi connectivity index (χ1v) is 18.5. The second kappa shape index (κ2) is 11.6. The molecule has 0 bridgehead atoms. The summed E-state index contributed by atoms with van der Waals surface area (Å²) >= 11 is -2.03. The van der Waals surface area contributed by atoms with Gasteiger partial charge in [0.15, 0.2) is 0 Å². The quantitative estimate of drug-likeness (QED) is 0.315. The predicted molar refractivity (Wildman–Crippen MR) is 144 cm³/mol. The molecule has 2 fully saturated rings. The summed E-state index contributed by atoms with van der Waals surface area (Å²) in [5.41, 5.74) is 1.67. The van der Waals surface area contributed by atoms with E-state index in [4.69, 9.17) is 0 Å². The zero-order chi connectivity index (χ0) is 23.6. The fourth-order valence-electron chi connectivity index (χ4n) is 7.20. The topological polar surface area (TPSA) is 3.24 Å². The SMILES string of the molecule is CC(C)[C@H]1CC[C@H](C)C[CH]1[Sn]([c]1ccccc1[C@H](C)N(C)C)[CH]1C[C@@H](C)CC[C@@H]1C(C)C. The minimum absolute atomic E-state index is 0.513. The summed E-state index contributed by atoms with van der Waals surface area (Å²) < 4.78 is 3.94. The van der Waals surface area contributed by atoms with Crippen LogP contribution in [0, 0.1) is 35.5 Å². The molecule has 2 saturated carbocycles. The van der Waals surface area contributed by atoms with Gasteiger partial charge >= 0.3 is 209 Å². The van der Waals surface area contributed by atoms with Crippen LogP contribution >= 0.6 is 0 Å². The molecule has 0 spiro atoms. The molecule has 2 heteroatoms. The van der Waals surface area contributed by atoms with E-state index < -0.39 is 19.8 Å². The van der Waals surface area contributed by atoms with E-state index in [9.17, 15) is 0 Å². The van der Waals surface area contributed by atoms with Gasteiger partial charge in [0.2, 0.25) is 0 Å². The number of hydrogen-bond acceptors (Lipinski definition) is 1. The molecule has 1 aromatic rings. The van der Waals surface area contributed by atoms with Gasteiger partial charge in [0, 0.05) is 0 Å². The van der Waals surface area contributed by atoms with Crippen molar-refractivity contribution in [3.63, 3.8) is 0 Å². The van der Waals surface area contributed by atoms with E-state index >= 15 is 0 Å². The molecule has 1 radical (unpaired) electrons. The van der Waals surface area contributed by atoms with Crippen molar-refractivity contribution in [2.45, 2.75) is 101 Å². The number of hydrogen-bond donors (Lipinski definition) is 0. The van der Waals surface area contributed by atoms with Gasteiger partial charge in [-0.15, -0.1) is 0 Å². The molecule has 0 aliphatic heterocycles. The van der Waals surface area contributed by atoms with Crippen molar-refractivity contribution in [2.24, 2.45) is 35.5 Å². The summed E-state index contributed by atoms with van der Waals surface area (Å²) in [6, 6.07) is 10.3. The van der Waals surface area contributed by atoms with E-state index in [1.807, 2.05) is 3.58 Å². The minimum atomic E-state index is -2.03. The molecule has 2 unspecified atom stereocenters. The second-order valence-electron chi connectivity index (χ2n) is 12.5. The molecular weight excluding hydrogens is 493 g/mol. The second-order valence-corrected chi connectivity index (χ2v) is 20.9. The summed E-state index contributed by atoms with van der Waals surface area (Å²) in [4.78, 5) is 2.44. The van der Waals surface area contributed by atoms with Crippen LogP contribution in [0.1, 0.15) is 98.6 Å². The Labute approximate surface area is 207 Å². The Morgan fingerprint density at radius 3 is 1.66 bits per heavy atom. The molecule has 0 saturated heterocycles. The summed E-state index contributed by atoms with van der Waals surface area (Å²) in [5.74, 6) is 5.41. The summed E-state index contributed by atoms with van der Waals surface area (Å²) in [6.45, 7) is 17.7. The summed E-state index contributed by atoms with van der Waals surface area (Å²) in [5, 5.41) is 0. The molecule has 0 heterocycles. The zero-order valence-corrected chi connectivity index (χ0v) is 25.5. The third-order valence-electron chi connectivity index (χ3n) is 9.34. The van der Waals surface area contributed by atoms with E-state index in [-0.39, 0.29) is 0 Å². The maximum atomic E-state index is 2.62. The van der Waals surface area contributed by atoms with E-state index in [1.165, 1.54) is 38.5 Å². The van der Waals surface area contributed by atoms with Gasteiger partial charge in [-0.3, -0.25) is 0 Å². The third-order valence-corrected chi connectivity index (χ3v) is 20.8. The van der Waals surface area contributed by atoms with E-state index in [0.717, 1.165) is 43.4 Å². The van der Waals surface area contributed by atoms with Gasteiger partial charge in [-0.1, -0.05) is 0 Å². The van der Waals surface area contributed by atoms with Crippen molar-refractivity contribution in [2.75, 3.05) is 14.1 Å². The number of nitrogens with zero attached hydrogens (tertiary/aromatic N) is 1. The molecule has 0 aromatic heterocycles. The Balaban J connectivity index is 2.16. The normalized spacial score (nSPS) is 32.8. The van der Waals surface area contributed by atoms with Gasteiger partial charge in [-0.25, -0.2) is 0 Å². The number of rotatable bonds is 7. The van der Waals surface area contributed by atoms with Gasteiger partial charge in [0.05, 0.1) is 0 Å². The molecule has 7 atom stereocenters. The molecule has 181 valence electrons. The maximum absolute atomic E-state index is 2.62. The third kappa shape index (κ3) is 5.96. The van der Waals surface area contributed by atoms with Crippen molar-refractivity contribution in [3.05, 3.63) is 29.8 Å². The molecule has 2 aliphatic carbocycles. The molecule has 2 aliphatic rings. The zero-order valence-electron chi connectivity index (χ0n) is 22.7. The van der Waals surface area contributed by atoms with Crippen molar-refractivity contribution in [1.82, 2.24) is 4.90 Å². The fourth-order valence-corrected chi connectivity index (χ4v) is 23.2. The average Bonchev–Trinajstić information content (AvgIpc) is 2.73. The molecule has 0 N–H and O–H groups in total. The Morgan fingerprint density at radius 2 is 1.22 bits per heavy atom. The first kappa shape index (κ1) is 26.6. The molecule has 32 heavy (non-hydrogen) atoms. The van der Waals surface area contributed by atoms with Crippen LogP contribution in [0.5, 0.6) is 0 Å². The van der Waals surface area contributed by atoms with Crippen molar-refractivity contribution >= 4 is 23.3 Å². The monoisotopic (exact) mass is 546 g/mol. The summed E-state index contributed by atoms with van der Waals surface area (Å²) in [6.07, 6.45) is 8.90. The molecule has 0 amide bonds. The van der Waals surface area contributed by atoms with E-state index in [1.54, 1.807) is 5.56 Å². The van der Waals surface area contributed by atoms with Crippen LogP contribution in [0.2, 0.25) is 7.87 Å². The van der Waals surface area contributed by atoms with Crippen LogP contribution < -0.4 is 3.58 Å². The van der Waals surface area contributed by atoms with Gasteiger partial charge < -0.3 is 0 Å². The van der Waals surface area contributed by atoms with Crippen LogP contribution in [0.4, 0.5) is 0 Å². The van der Waals surface area contributed by atoms with E-state index in [0.29, 0.717) is 6.04 Å².